The number of carboxylic acid groups (broad SMARTS) is 1. The summed E-state index contributed by atoms with van der Waals surface area (Å²) in [6.07, 6.45) is 6.07. The van der Waals surface area contributed by atoms with Gasteiger partial charge in [-0.15, -0.1) is 0 Å². The van der Waals surface area contributed by atoms with Crippen molar-refractivity contribution in [1.82, 2.24) is 5.32 Å². The smallest absolute Gasteiger partial charge is 0.320 e. The zero-order valence-corrected chi connectivity index (χ0v) is 10.3. The van der Waals surface area contributed by atoms with Crippen molar-refractivity contribution in [2.24, 2.45) is 5.92 Å². The maximum atomic E-state index is 10.8. The van der Waals surface area contributed by atoms with Crippen LogP contribution in [-0.2, 0) is 4.79 Å². The number of aliphatic carboxylic acids is 1. The molecule has 0 fully saturated rings. The molecule has 0 saturated carbocycles. The van der Waals surface area contributed by atoms with Crippen LogP contribution in [0.5, 0.6) is 0 Å². The fourth-order valence-corrected chi connectivity index (χ4v) is 1.59. The number of carboxylic acids is 1. The Kier molecular flexibility index (Phi) is 8.38. The maximum absolute atomic E-state index is 10.8. The summed E-state index contributed by atoms with van der Waals surface area (Å²) in [6.45, 7) is 6.88. The molecule has 15 heavy (non-hydrogen) atoms. The van der Waals surface area contributed by atoms with Gasteiger partial charge in [0.1, 0.15) is 6.04 Å². The van der Waals surface area contributed by atoms with Crippen LogP contribution >= 0.6 is 0 Å². The number of rotatable bonds is 9. The second kappa shape index (κ2) is 8.72. The third-order valence-corrected chi connectivity index (χ3v) is 2.58. The van der Waals surface area contributed by atoms with Crippen molar-refractivity contribution in [2.45, 2.75) is 58.9 Å². The first-order valence-corrected chi connectivity index (χ1v) is 6.05. The van der Waals surface area contributed by atoms with Crippen LogP contribution in [0.4, 0.5) is 0 Å². The molecule has 0 amide bonds. The van der Waals surface area contributed by atoms with Gasteiger partial charge in [0.2, 0.25) is 0 Å². The molecule has 90 valence electrons. The van der Waals surface area contributed by atoms with Gasteiger partial charge in [-0.05, 0) is 18.9 Å². The minimum atomic E-state index is -0.737. The molecule has 0 aliphatic rings. The van der Waals surface area contributed by atoms with Crippen molar-refractivity contribution in [2.75, 3.05) is 6.54 Å². The molecule has 0 spiro atoms. The van der Waals surface area contributed by atoms with Gasteiger partial charge in [0, 0.05) is 0 Å². The van der Waals surface area contributed by atoms with Crippen molar-refractivity contribution in [3.8, 4) is 0 Å². The summed E-state index contributed by atoms with van der Waals surface area (Å²) in [5.41, 5.74) is 0. The molecule has 0 saturated heterocycles. The largest absolute Gasteiger partial charge is 0.480 e. The fraction of sp³-hybridized carbons (Fsp3) is 0.917. The van der Waals surface area contributed by atoms with Crippen LogP contribution in [0.2, 0.25) is 0 Å². The van der Waals surface area contributed by atoms with E-state index in [9.17, 15) is 4.79 Å². The number of nitrogens with one attached hydrogen (secondary N) is 1. The highest BCUT2D eigenvalue weighted by Crippen LogP contribution is 2.04. The first-order valence-electron chi connectivity index (χ1n) is 6.05. The average Bonchev–Trinajstić information content (AvgIpc) is 2.15. The van der Waals surface area contributed by atoms with E-state index >= 15 is 0 Å². The first-order chi connectivity index (χ1) is 7.09. The van der Waals surface area contributed by atoms with Gasteiger partial charge in [-0.25, -0.2) is 0 Å². The van der Waals surface area contributed by atoms with Gasteiger partial charge in [-0.3, -0.25) is 4.79 Å². The summed E-state index contributed by atoms with van der Waals surface area (Å²) in [5.74, 6) is -0.586. The number of unbranched alkanes of at least 4 members (excludes halogenated alkanes) is 4. The number of carbonyl (C=O) groups is 1. The third-order valence-electron chi connectivity index (χ3n) is 2.58. The van der Waals surface area contributed by atoms with Gasteiger partial charge in [0.05, 0.1) is 0 Å². The minimum Gasteiger partial charge on any atom is -0.480 e. The molecule has 0 heterocycles. The Bertz CT molecular complexity index is 169. The summed E-state index contributed by atoms with van der Waals surface area (Å²) >= 11 is 0. The minimum absolute atomic E-state index is 0.151. The molecule has 0 rings (SSSR count). The molecule has 3 heteroatoms. The summed E-state index contributed by atoms with van der Waals surface area (Å²) < 4.78 is 0. The fourth-order valence-electron chi connectivity index (χ4n) is 1.59. The van der Waals surface area contributed by atoms with Gasteiger partial charge >= 0.3 is 5.97 Å². The Labute approximate surface area is 93.3 Å². The lowest BCUT2D eigenvalue weighted by molar-refractivity contribution is -0.140. The standard InChI is InChI=1S/C12H25NO2/c1-4-5-6-7-8-9-13-11(10(2)3)12(14)15/h10-11,13H,4-9H2,1-3H3,(H,14,15)/t11-/m0/s1. The molecule has 1 atom stereocenters. The second-order valence-corrected chi connectivity index (χ2v) is 4.43. The summed E-state index contributed by atoms with van der Waals surface area (Å²) in [7, 11) is 0. The lowest BCUT2D eigenvalue weighted by Gasteiger charge is -2.17. The topological polar surface area (TPSA) is 49.3 Å². The zero-order chi connectivity index (χ0) is 11.7. The quantitative estimate of drug-likeness (QED) is 0.581. The van der Waals surface area contributed by atoms with Crippen molar-refractivity contribution >= 4 is 5.97 Å². The van der Waals surface area contributed by atoms with Crippen LogP contribution in [0.1, 0.15) is 52.9 Å². The van der Waals surface area contributed by atoms with Crippen molar-refractivity contribution in [1.29, 1.82) is 0 Å². The van der Waals surface area contributed by atoms with Crippen LogP contribution in [0.25, 0.3) is 0 Å². The van der Waals surface area contributed by atoms with Crippen LogP contribution in [0.3, 0.4) is 0 Å². The average molecular weight is 215 g/mol. The van der Waals surface area contributed by atoms with Crippen molar-refractivity contribution < 1.29 is 9.90 Å². The molecule has 2 N–H and O–H groups in total. The summed E-state index contributed by atoms with van der Waals surface area (Å²) in [5, 5.41) is 12.0. The Balaban J connectivity index is 3.50. The zero-order valence-electron chi connectivity index (χ0n) is 10.3. The number of hydrogen-bond donors (Lipinski definition) is 2. The normalized spacial score (nSPS) is 13.1. The van der Waals surface area contributed by atoms with E-state index in [0.717, 1.165) is 13.0 Å². The molecular weight excluding hydrogens is 190 g/mol. The van der Waals surface area contributed by atoms with E-state index in [2.05, 4.69) is 12.2 Å². The molecule has 0 bridgehead atoms. The van der Waals surface area contributed by atoms with E-state index in [1.165, 1.54) is 25.7 Å². The SMILES string of the molecule is CCCCCCCN[C@H](C(=O)O)C(C)C. The van der Waals surface area contributed by atoms with Crippen molar-refractivity contribution in [3.63, 3.8) is 0 Å². The Morgan fingerprint density at radius 2 is 1.80 bits per heavy atom. The summed E-state index contributed by atoms with van der Waals surface area (Å²) in [6, 6.07) is -0.392. The molecule has 0 aromatic rings. The highest BCUT2D eigenvalue weighted by Gasteiger charge is 2.19. The molecule has 0 aliphatic heterocycles. The molecular formula is C12H25NO2. The predicted molar refractivity (Wildman–Crippen MR) is 63.0 cm³/mol. The van der Waals surface area contributed by atoms with Crippen LogP contribution in [0.15, 0.2) is 0 Å². The lowest BCUT2D eigenvalue weighted by atomic mass is 10.0. The van der Waals surface area contributed by atoms with E-state index < -0.39 is 12.0 Å². The van der Waals surface area contributed by atoms with E-state index in [1.807, 2.05) is 13.8 Å². The van der Waals surface area contributed by atoms with E-state index in [-0.39, 0.29) is 5.92 Å². The molecule has 0 aliphatic carbocycles. The number of hydrogen-bond acceptors (Lipinski definition) is 2. The molecule has 0 aromatic carbocycles. The van der Waals surface area contributed by atoms with Crippen LogP contribution < -0.4 is 5.32 Å². The second-order valence-electron chi connectivity index (χ2n) is 4.43. The van der Waals surface area contributed by atoms with Gasteiger partial charge in [-0.2, -0.15) is 0 Å². The Morgan fingerprint density at radius 3 is 2.27 bits per heavy atom. The third kappa shape index (κ3) is 7.37. The van der Waals surface area contributed by atoms with E-state index in [1.54, 1.807) is 0 Å². The van der Waals surface area contributed by atoms with Gasteiger partial charge in [-0.1, -0.05) is 46.5 Å². The van der Waals surface area contributed by atoms with E-state index in [4.69, 9.17) is 5.11 Å². The highest BCUT2D eigenvalue weighted by molar-refractivity contribution is 5.73. The van der Waals surface area contributed by atoms with Gasteiger partial charge < -0.3 is 10.4 Å². The summed E-state index contributed by atoms with van der Waals surface area (Å²) in [4.78, 5) is 10.8. The molecule has 0 radical (unpaired) electrons. The molecule has 3 nitrogen and oxygen atoms in total. The predicted octanol–water partition coefficient (Wildman–Crippen LogP) is 2.66. The van der Waals surface area contributed by atoms with Gasteiger partial charge in [0.25, 0.3) is 0 Å². The van der Waals surface area contributed by atoms with Crippen LogP contribution in [0, 0.1) is 5.92 Å². The monoisotopic (exact) mass is 215 g/mol. The highest BCUT2D eigenvalue weighted by atomic mass is 16.4. The lowest BCUT2D eigenvalue weighted by Crippen LogP contribution is -2.41. The maximum Gasteiger partial charge on any atom is 0.320 e. The Hall–Kier alpha value is -0.570. The Morgan fingerprint density at radius 1 is 1.20 bits per heavy atom. The molecule has 0 unspecified atom stereocenters. The van der Waals surface area contributed by atoms with Crippen LogP contribution in [-0.4, -0.2) is 23.7 Å². The van der Waals surface area contributed by atoms with Crippen molar-refractivity contribution in [3.05, 3.63) is 0 Å². The van der Waals surface area contributed by atoms with E-state index in [0.29, 0.717) is 0 Å². The molecule has 0 aromatic heterocycles. The van der Waals surface area contributed by atoms with Gasteiger partial charge in [0.15, 0.2) is 0 Å². The first kappa shape index (κ1) is 14.4.